The van der Waals surface area contributed by atoms with Gasteiger partial charge in [-0.15, -0.1) is 0 Å². The van der Waals surface area contributed by atoms with E-state index in [9.17, 15) is 0 Å². The second-order valence-electron chi connectivity index (χ2n) is 3.90. The molecule has 0 aliphatic carbocycles. The SMILES string of the molecule is CCCNC(c1ccccc1)c1ncccn1. The predicted octanol–water partition coefficient (Wildman–Crippen LogP) is 2.57. The lowest BCUT2D eigenvalue weighted by Gasteiger charge is -2.17. The maximum Gasteiger partial charge on any atom is 0.149 e. The maximum absolute atomic E-state index is 4.33. The minimum absolute atomic E-state index is 0.0809. The van der Waals surface area contributed by atoms with Crippen LogP contribution < -0.4 is 5.32 Å². The third kappa shape index (κ3) is 3.11. The highest BCUT2D eigenvalue weighted by Crippen LogP contribution is 2.17. The van der Waals surface area contributed by atoms with E-state index in [4.69, 9.17) is 0 Å². The Hall–Kier alpha value is -1.74. The third-order valence-corrected chi connectivity index (χ3v) is 2.58. The van der Waals surface area contributed by atoms with E-state index in [0.717, 1.165) is 18.8 Å². The van der Waals surface area contributed by atoms with Gasteiger partial charge in [0, 0.05) is 12.4 Å². The molecule has 0 fully saturated rings. The lowest BCUT2D eigenvalue weighted by atomic mass is 10.1. The first-order valence-corrected chi connectivity index (χ1v) is 5.97. The molecule has 1 heterocycles. The minimum atomic E-state index is 0.0809. The molecule has 1 aromatic carbocycles. The number of aromatic nitrogens is 2. The van der Waals surface area contributed by atoms with Gasteiger partial charge in [-0.05, 0) is 24.6 Å². The highest BCUT2D eigenvalue weighted by Gasteiger charge is 2.14. The van der Waals surface area contributed by atoms with Crippen LogP contribution in [-0.4, -0.2) is 16.5 Å². The molecule has 2 aromatic rings. The molecule has 2 rings (SSSR count). The first-order valence-electron chi connectivity index (χ1n) is 5.97. The van der Waals surface area contributed by atoms with Crippen LogP contribution in [0.4, 0.5) is 0 Å². The molecule has 0 amide bonds. The van der Waals surface area contributed by atoms with Crippen LogP contribution in [0, 0.1) is 0 Å². The summed E-state index contributed by atoms with van der Waals surface area (Å²) >= 11 is 0. The molecular formula is C14H17N3. The largest absolute Gasteiger partial charge is 0.304 e. The van der Waals surface area contributed by atoms with Crippen molar-refractivity contribution in [3.8, 4) is 0 Å². The molecule has 3 heteroatoms. The summed E-state index contributed by atoms with van der Waals surface area (Å²) in [5.74, 6) is 0.826. The maximum atomic E-state index is 4.33. The lowest BCUT2D eigenvalue weighted by molar-refractivity contribution is 0.572. The molecule has 0 aliphatic rings. The number of benzene rings is 1. The molecule has 17 heavy (non-hydrogen) atoms. The lowest BCUT2D eigenvalue weighted by Crippen LogP contribution is -2.24. The van der Waals surface area contributed by atoms with E-state index in [1.165, 1.54) is 5.56 Å². The van der Waals surface area contributed by atoms with E-state index in [2.05, 4.69) is 34.3 Å². The highest BCUT2D eigenvalue weighted by atomic mass is 15.0. The van der Waals surface area contributed by atoms with Gasteiger partial charge in [-0.2, -0.15) is 0 Å². The Bertz CT molecular complexity index is 388. The normalized spacial score (nSPS) is 12.3. The molecule has 1 aromatic heterocycles. The van der Waals surface area contributed by atoms with Crippen molar-refractivity contribution in [2.75, 3.05) is 6.54 Å². The summed E-state index contributed by atoms with van der Waals surface area (Å²) in [6.45, 7) is 3.11. The van der Waals surface area contributed by atoms with Gasteiger partial charge in [-0.25, -0.2) is 9.97 Å². The highest BCUT2D eigenvalue weighted by molar-refractivity contribution is 5.24. The van der Waals surface area contributed by atoms with E-state index in [-0.39, 0.29) is 6.04 Å². The molecule has 88 valence electrons. The summed E-state index contributed by atoms with van der Waals surface area (Å²) in [6, 6.07) is 12.2. The molecule has 1 N–H and O–H groups in total. The van der Waals surface area contributed by atoms with Crippen LogP contribution in [0.1, 0.15) is 30.8 Å². The Kier molecular flexibility index (Phi) is 4.22. The summed E-state index contributed by atoms with van der Waals surface area (Å²) in [4.78, 5) is 8.67. The second-order valence-corrected chi connectivity index (χ2v) is 3.90. The van der Waals surface area contributed by atoms with Crippen LogP contribution in [0.15, 0.2) is 48.8 Å². The fraction of sp³-hybridized carbons (Fsp3) is 0.286. The van der Waals surface area contributed by atoms with Crippen LogP contribution in [-0.2, 0) is 0 Å². The van der Waals surface area contributed by atoms with Crippen molar-refractivity contribution in [1.29, 1.82) is 0 Å². The zero-order chi connectivity index (χ0) is 11.9. The summed E-state index contributed by atoms with van der Waals surface area (Å²) < 4.78 is 0. The molecule has 0 radical (unpaired) electrons. The van der Waals surface area contributed by atoms with E-state index >= 15 is 0 Å². The van der Waals surface area contributed by atoms with Crippen LogP contribution in [0.25, 0.3) is 0 Å². The van der Waals surface area contributed by atoms with Gasteiger partial charge in [0.25, 0.3) is 0 Å². The van der Waals surface area contributed by atoms with E-state index in [0.29, 0.717) is 0 Å². The fourth-order valence-electron chi connectivity index (χ4n) is 1.75. The fourth-order valence-corrected chi connectivity index (χ4v) is 1.75. The zero-order valence-electron chi connectivity index (χ0n) is 10.0. The van der Waals surface area contributed by atoms with Gasteiger partial charge in [-0.3, -0.25) is 0 Å². The third-order valence-electron chi connectivity index (χ3n) is 2.58. The van der Waals surface area contributed by atoms with Crippen molar-refractivity contribution in [2.45, 2.75) is 19.4 Å². The van der Waals surface area contributed by atoms with Crippen LogP contribution >= 0.6 is 0 Å². The number of hydrogen-bond acceptors (Lipinski definition) is 3. The van der Waals surface area contributed by atoms with Gasteiger partial charge in [0.05, 0.1) is 6.04 Å². The van der Waals surface area contributed by atoms with Gasteiger partial charge >= 0.3 is 0 Å². The number of hydrogen-bond donors (Lipinski definition) is 1. The Labute approximate surface area is 102 Å². The average molecular weight is 227 g/mol. The summed E-state index contributed by atoms with van der Waals surface area (Å²) in [6.07, 6.45) is 4.66. The number of nitrogens with one attached hydrogen (secondary N) is 1. The average Bonchev–Trinajstić information content (AvgIpc) is 2.42. The smallest absolute Gasteiger partial charge is 0.149 e. The first-order chi connectivity index (χ1) is 8.42. The zero-order valence-corrected chi connectivity index (χ0v) is 10.0. The number of rotatable bonds is 5. The molecule has 0 saturated heterocycles. The van der Waals surface area contributed by atoms with Gasteiger partial charge in [0.2, 0.25) is 0 Å². The molecule has 0 spiro atoms. The summed E-state index contributed by atoms with van der Waals surface area (Å²) in [7, 11) is 0. The van der Waals surface area contributed by atoms with Gasteiger partial charge in [0.15, 0.2) is 0 Å². The van der Waals surface area contributed by atoms with Crippen molar-refractivity contribution in [3.63, 3.8) is 0 Å². The predicted molar refractivity (Wildman–Crippen MR) is 68.6 cm³/mol. The van der Waals surface area contributed by atoms with Gasteiger partial charge < -0.3 is 5.32 Å². The molecule has 1 unspecified atom stereocenters. The van der Waals surface area contributed by atoms with Crippen molar-refractivity contribution in [3.05, 3.63) is 60.2 Å². The van der Waals surface area contributed by atoms with Gasteiger partial charge in [-0.1, -0.05) is 37.3 Å². The quantitative estimate of drug-likeness (QED) is 0.853. The Morgan fingerprint density at radius 3 is 2.41 bits per heavy atom. The van der Waals surface area contributed by atoms with Crippen LogP contribution in [0.5, 0.6) is 0 Å². The molecule has 1 atom stereocenters. The van der Waals surface area contributed by atoms with Crippen molar-refractivity contribution in [2.24, 2.45) is 0 Å². The van der Waals surface area contributed by atoms with Crippen molar-refractivity contribution in [1.82, 2.24) is 15.3 Å². The second kappa shape index (κ2) is 6.11. The van der Waals surface area contributed by atoms with Crippen molar-refractivity contribution >= 4 is 0 Å². The standard InChI is InChI=1S/C14H17N3/c1-2-9-15-13(12-7-4-3-5-8-12)14-16-10-6-11-17-14/h3-8,10-11,13,15H,2,9H2,1H3. The molecule has 0 aliphatic heterocycles. The number of nitrogens with zero attached hydrogens (tertiary/aromatic N) is 2. The van der Waals surface area contributed by atoms with E-state index < -0.39 is 0 Å². The Morgan fingerprint density at radius 2 is 1.76 bits per heavy atom. The van der Waals surface area contributed by atoms with Crippen LogP contribution in [0.2, 0.25) is 0 Å². The monoisotopic (exact) mass is 227 g/mol. The molecule has 0 saturated carbocycles. The Morgan fingerprint density at radius 1 is 1.06 bits per heavy atom. The van der Waals surface area contributed by atoms with E-state index in [1.807, 2.05) is 24.3 Å². The van der Waals surface area contributed by atoms with Crippen LogP contribution in [0.3, 0.4) is 0 Å². The van der Waals surface area contributed by atoms with Crippen molar-refractivity contribution < 1.29 is 0 Å². The minimum Gasteiger partial charge on any atom is -0.304 e. The first kappa shape index (κ1) is 11.7. The van der Waals surface area contributed by atoms with Gasteiger partial charge in [0.1, 0.15) is 5.82 Å². The summed E-state index contributed by atoms with van der Waals surface area (Å²) in [5, 5.41) is 3.48. The topological polar surface area (TPSA) is 37.8 Å². The molecule has 3 nitrogen and oxygen atoms in total. The Balaban J connectivity index is 2.26. The molecular weight excluding hydrogens is 210 g/mol. The molecule has 0 bridgehead atoms. The van der Waals surface area contributed by atoms with E-state index in [1.54, 1.807) is 12.4 Å². The summed E-state index contributed by atoms with van der Waals surface area (Å²) in [5.41, 5.74) is 1.20.